The van der Waals surface area contributed by atoms with E-state index in [1.807, 2.05) is 17.0 Å². The average Bonchev–Trinajstić information content (AvgIpc) is 2.85. The molecule has 0 unspecified atom stereocenters. The lowest BCUT2D eigenvalue weighted by Gasteiger charge is -2.32. The van der Waals surface area contributed by atoms with Crippen molar-refractivity contribution in [2.24, 2.45) is 5.92 Å². The first-order valence-corrected chi connectivity index (χ1v) is 12.0. The molecule has 3 aromatic rings. The van der Waals surface area contributed by atoms with Gasteiger partial charge in [-0.15, -0.1) is 0 Å². The van der Waals surface area contributed by atoms with E-state index in [9.17, 15) is 9.90 Å². The lowest BCUT2D eigenvalue weighted by Crippen LogP contribution is -2.39. The molecule has 1 aromatic heterocycles. The lowest BCUT2D eigenvalue weighted by molar-refractivity contribution is 0.0689. The molecule has 6 nitrogen and oxygen atoms in total. The zero-order valence-corrected chi connectivity index (χ0v) is 20.2. The highest BCUT2D eigenvalue weighted by Crippen LogP contribution is 2.29. The highest BCUT2D eigenvalue weighted by atomic mass is 35.5. The van der Waals surface area contributed by atoms with Crippen LogP contribution in [0.5, 0.6) is 5.75 Å². The fourth-order valence-electron chi connectivity index (χ4n) is 4.22. The standard InChI is InChI=1S/C26H27Cl2N3O3/c27-22-5-2-6-23(28)21(22)16-34-24-13-20(14-30-25(24)29)26(33)31-9-7-17(8-10-31)11-18-3-1-4-19(12-18)15-32/h1-6,12-14,17,32H,7-11,15-16H2,(H2,29,30). The van der Waals surface area contributed by atoms with Gasteiger partial charge in [-0.3, -0.25) is 4.79 Å². The number of nitrogen functional groups attached to an aromatic ring is 1. The van der Waals surface area contributed by atoms with Crippen LogP contribution in [0.3, 0.4) is 0 Å². The van der Waals surface area contributed by atoms with Gasteiger partial charge >= 0.3 is 0 Å². The molecule has 1 fully saturated rings. The SMILES string of the molecule is Nc1ncc(C(=O)N2CCC(Cc3cccc(CO)c3)CC2)cc1OCc1c(Cl)cccc1Cl. The van der Waals surface area contributed by atoms with Crippen LogP contribution in [-0.4, -0.2) is 34.0 Å². The maximum atomic E-state index is 13.1. The molecule has 0 radical (unpaired) electrons. The van der Waals surface area contributed by atoms with Gasteiger partial charge in [0.25, 0.3) is 5.91 Å². The third-order valence-electron chi connectivity index (χ3n) is 6.16. The highest BCUT2D eigenvalue weighted by Gasteiger charge is 2.25. The second-order valence-electron chi connectivity index (χ2n) is 8.51. The van der Waals surface area contributed by atoms with Crippen LogP contribution in [0.2, 0.25) is 10.0 Å². The minimum absolute atomic E-state index is 0.0491. The molecule has 0 atom stereocenters. The Hall–Kier alpha value is -2.80. The van der Waals surface area contributed by atoms with Crippen LogP contribution in [0.1, 0.15) is 39.9 Å². The molecule has 34 heavy (non-hydrogen) atoms. The van der Waals surface area contributed by atoms with Gasteiger partial charge in [-0.2, -0.15) is 0 Å². The minimum Gasteiger partial charge on any atom is -0.485 e. The minimum atomic E-state index is -0.0890. The predicted octanol–water partition coefficient (Wildman–Crippen LogP) is 5.14. The normalized spacial score (nSPS) is 14.3. The Labute approximate surface area is 209 Å². The summed E-state index contributed by atoms with van der Waals surface area (Å²) in [6.45, 7) is 1.52. The number of aliphatic hydroxyl groups is 1. The van der Waals surface area contributed by atoms with Gasteiger partial charge < -0.3 is 20.5 Å². The molecule has 178 valence electrons. The van der Waals surface area contributed by atoms with E-state index >= 15 is 0 Å². The number of nitrogens with zero attached hydrogens (tertiary/aromatic N) is 2. The van der Waals surface area contributed by atoms with Crippen LogP contribution in [0.25, 0.3) is 0 Å². The van der Waals surface area contributed by atoms with Gasteiger partial charge in [-0.05, 0) is 54.5 Å². The molecule has 3 N–H and O–H groups in total. The van der Waals surface area contributed by atoms with Gasteiger partial charge in [0.05, 0.1) is 12.2 Å². The van der Waals surface area contributed by atoms with Crippen molar-refractivity contribution >= 4 is 34.9 Å². The number of carbonyl (C=O) groups excluding carboxylic acids is 1. The zero-order chi connectivity index (χ0) is 24.1. The number of hydrogen-bond acceptors (Lipinski definition) is 5. The van der Waals surface area contributed by atoms with E-state index in [4.69, 9.17) is 33.7 Å². The largest absolute Gasteiger partial charge is 0.485 e. The third-order valence-corrected chi connectivity index (χ3v) is 6.87. The van der Waals surface area contributed by atoms with E-state index in [1.165, 1.54) is 11.8 Å². The monoisotopic (exact) mass is 499 g/mol. The molecular weight excluding hydrogens is 473 g/mol. The molecule has 1 saturated heterocycles. The van der Waals surface area contributed by atoms with Gasteiger partial charge in [-0.1, -0.05) is 53.5 Å². The van der Waals surface area contributed by atoms with Crippen molar-refractivity contribution in [3.8, 4) is 5.75 Å². The number of ether oxygens (including phenoxy) is 1. The fraction of sp³-hybridized carbons (Fsp3) is 0.308. The Balaban J connectivity index is 1.37. The Bertz CT molecular complexity index is 1140. The summed E-state index contributed by atoms with van der Waals surface area (Å²) >= 11 is 12.4. The molecule has 0 saturated carbocycles. The van der Waals surface area contributed by atoms with E-state index in [1.54, 1.807) is 24.3 Å². The van der Waals surface area contributed by atoms with Crippen LogP contribution in [-0.2, 0) is 19.6 Å². The molecule has 1 aliphatic heterocycles. The topological polar surface area (TPSA) is 88.7 Å². The second-order valence-corrected chi connectivity index (χ2v) is 9.33. The van der Waals surface area contributed by atoms with Crippen LogP contribution in [0.4, 0.5) is 5.82 Å². The molecule has 4 rings (SSSR count). The quantitative estimate of drug-likeness (QED) is 0.469. The van der Waals surface area contributed by atoms with Crippen LogP contribution in [0, 0.1) is 5.92 Å². The molecule has 0 aliphatic carbocycles. The molecule has 2 aromatic carbocycles. The summed E-state index contributed by atoms with van der Waals surface area (Å²) in [4.78, 5) is 19.1. The van der Waals surface area contributed by atoms with Crippen molar-refractivity contribution in [3.63, 3.8) is 0 Å². The van der Waals surface area contributed by atoms with E-state index in [2.05, 4.69) is 17.1 Å². The van der Waals surface area contributed by atoms with Gasteiger partial charge in [0, 0.05) is 34.9 Å². The van der Waals surface area contributed by atoms with Crippen molar-refractivity contribution in [2.75, 3.05) is 18.8 Å². The van der Waals surface area contributed by atoms with Crippen LogP contribution >= 0.6 is 23.2 Å². The van der Waals surface area contributed by atoms with E-state index < -0.39 is 0 Å². The van der Waals surface area contributed by atoms with Crippen molar-refractivity contribution in [1.29, 1.82) is 0 Å². The number of benzene rings is 2. The first-order valence-electron chi connectivity index (χ1n) is 11.2. The summed E-state index contributed by atoms with van der Waals surface area (Å²) in [7, 11) is 0. The lowest BCUT2D eigenvalue weighted by atomic mass is 9.89. The predicted molar refractivity (Wildman–Crippen MR) is 134 cm³/mol. The second kappa shape index (κ2) is 11.1. The van der Waals surface area contributed by atoms with E-state index in [-0.39, 0.29) is 24.9 Å². The van der Waals surface area contributed by atoms with Crippen molar-refractivity contribution < 1.29 is 14.6 Å². The zero-order valence-electron chi connectivity index (χ0n) is 18.7. The Morgan fingerprint density at radius 2 is 1.76 bits per heavy atom. The summed E-state index contributed by atoms with van der Waals surface area (Å²) in [5.41, 5.74) is 9.21. The number of aliphatic hydroxyl groups excluding tert-OH is 1. The average molecular weight is 500 g/mol. The number of likely N-dealkylation sites (tertiary alicyclic amines) is 1. The number of piperidine rings is 1. The van der Waals surface area contributed by atoms with E-state index in [0.29, 0.717) is 45.9 Å². The van der Waals surface area contributed by atoms with Gasteiger partial charge in [-0.25, -0.2) is 4.98 Å². The number of rotatable bonds is 7. The molecular formula is C26H27Cl2N3O3. The summed E-state index contributed by atoms with van der Waals surface area (Å²) in [5.74, 6) is 0.930. The van der Waals surface area contributed by atoms with Gasteiger partial charge in [0.2, 0.25) is 0 Å². The number of carbonyl (C=O) groups is 1. The maximum Gasteiger partial charge on any atom is 0.255 e. The van der Waals surface area contributed by atoms with Gasteiger partial charge in [0.15, 0.2) is 11.6 Å². The summed E-state index contributed by atoms with van der Waals surface area (Å²) in [6, 6.07) is 14.9. The molecule has 2 heterocycles. The number of nitrogens with two attached hydrogens (primary N) is 1. The number of amides is 1. The Morgan fingerprint density at radius 3 is 2.47 bits per heavy atom. The van der Waals surface area contributed by atoms with Crippen molar-refractivity contribution in [3.05, 3.63) is 87.0 Å². The first-order chi connectivity index (χ1) is 16.4. The summed E-state index contributed by atoms with van der Waals surface area (Å²) in [6.07, 6.45) is 4.28. The molecule has 1 aliphatic rings. The third kappa shape index (κ3) is 5.81. The molecule has 0 bridgehead atoms. The maximum absolute atomic E-state index is 13.1. The highest BCUT2D eigenvalue weighted by molar-refractivity contribution is 6.35. The Morgan fingerprint density at radius 1 is 1.09 bits per heavy atom. The first kappa shape index (κ1) is 24.3. The fourth-order valence-corrected chi connectivity index (χ4v) is 4.73. The number of pyridine rings is 1. The van der Waals surface area contributed by atoms with Gasteiger partial charge in [0.1, 0.15) is 6.61 Å². The molecule has 1 amide bonds. The number of hydrogen-bond donors (Lipinski definition) is 2. The molecule has 8 heteroatoms. The molecule has 0 spiro atoms. The van der Waals surface area contributed by atoms with Crippen molar-refractivity contribution in [2.45, 2.75) is 32.5 Å². The summed E-state index contributed by atoms with van der Waals surface area (Å²) < 4.78 is 5.82. The van der Waals surface area contributed by atoms with Crippen LogP contribution in [0.15, 0.2) is 54.7 Å². The smallest absolute Gasteiger partial charge is 0.255 e. The van der Waals surface area contributed by atoms with E-state index in [0.717, 1.165) is 24.8 Å². The Kier molecular flexibility index (Phi) is 7.93. The van der Waals surface area contributed by atoms with Crippen molar-refractivity contribution in [1.82, 2.24) is 9.88 Å². The number of anilines is 1. The van der Waals surface area contributed by atoms with Crippen LogP contribution < -0.4 is 10.5 Å². The number of aromatic nitrogens is 1. The summed E-state index contributed by atoms with van der Waals surface area (Å²) in [5, 5.41) is 10.3. The number of halogens is 2.